The molecule has 1 aliphatic rings. The number of pyridine rings is 1. The molecule has 1 atom stereocenters. The number of anilines is 1. The third-order valence-corrected chi connectivity index (χ3v) is 6.61. The Hall–Kier alpha value is -3.30. The van der Waals surface area contributed by atoms with E-state index >= 15 is 0 Å². The van der Waals surface area contributed by atoms with Gasteiger partial charge in [-0.1, -0.05) is 20.3 Å². The van der Waals surface area contributed by atoms with E-state index in [2.05, 4.69) is 39.3 Å². The van der Waals surface area contributed by atoms with E-state index in [1.54, 1.807) is 25.4 Å². The van der Waals surface area contributed by atoms with E-state index in [9.17, 15) is 4.79 Å². The minimum atomic E-state index is -0.262. The largest absolute Gasteiger partial charge is 0.457 e. The fourth-order valence-corrected chi connectivity index (χ4v) is 4.65. The Balaban J connectivity index is 1.47. The molecule has 186 valence electrons. The molecule has 1 saturated heterocycles. The minimum absolute atomic E-state index is 0.0621. The molecule has 1 fully saturated rings. The van der Waals surface area contributed by atoms with E-state index in [0.29, 0.717) is 23.1 Å². The van der Waals surface area contributed by atoms with Crippen LogP contribution in [-0.2, 0) is 4.74 Å². The van der Waals surface area contributed by atoms with Crippen LogP contribution in [0.2, 0.25) is 0 Å². The van der Waals surface area contributed by atoms with Crippen LogP contribution in [0.4, 0.5) is 5.95 Å². The summed E-state index contributed by atoms with van der Waals surface area (Å²) in [7, 11) is 1.57. The van der Waals surface area contributed by atoms with Gasteiger partial charge in [0.2, 0.25) is 5.95 Å². The molecule has 0 aliphatic carbocycles. The first kappa shape index (κ1) is 24.8. The first-order valence-corrected chi connectivity index (χ1v) is 12.3. The van der Waals surface area contributed by atoms with Gasteiger partial charge >= 0.3 is 0 Å². The van der Waals surface area contributed by atoms with Gasteiger partial charge in [-0.2, -0.15) is 0 Å². The smallest absolute Gasteiger partial charge is 0.269 e. The Bertz CT molecular complexity index is 1150. The van der Waals surface area contributed by atoms with Crippen LogP contribution >= 0.6 is 0 Å². The first-order chi connectivity index (χ1) is 17.1. The van der Waals surface area contributed by atoms with E-state index in [1.807, 2.05) is 24.4 Å². The van der Waals surface area contributed by atoms with Gasteiger partial charge in [0.05, 0.1) is 18.7 Å². The maximum atomic E-state index is 11.8. The van der Waals surface area contributed by atoms with Crippen molar-refractivity contribution in [2.24, 2.45) is 0 Å². The summed E-state index contributed by atoms with van der Waals surface area (Å²) in [6, 6.07) is 8.99. The fraction of sp³-hybridized carbons (Fsp3) is 0.462. The van der Waals surface area contributed by atoms with Gasteiger partial charge in [0.1, 0.15) is 17.2 Å². The van der Waals surface area contributed by atoms with Crippen molar-refractivity contribution < 1.29 is 14.3 Å². The SMILES string of the molecule is CCCC(CC)(CNc1ncc2cc(Oc3ccnc(C(=O)NC)c3)ccc2n1)N1CCOCC1. The number of carbonyl (C=O) groups is 1. The second kappa shape index (κ2) is 11.4. The standard InChI is InChI=1S/C26H34N6O3/c1-4-9-26(5-2,32-11-13-34-14-12-32)18-30-25-29-17-19-15-20(6-7-22(19)31-25)35-21-8-10-28-23(16-21)24(33)27-3/h6-8,10,15-17H,4-5,9,11-14,18H2,1-3H3,(H,27,33)(H,29,30,31). The summed E-state index contributed by atoms with van der Waals surface area (Å²) in [5, 5.41) is 6.94. The Labute approximate surface area is 206 Å². The summed E-state index contributed by atoms with van der Waals surface area (Å²) in [6.07, 6.45) is 6.65. The number of aromatic nitrogens is 3. The molecule has 3 aromatic rings. The van der Waals surface area contributed by atoms with Crippen molar-refractivity contribution in [1.29, 1.82) is 0 Å². The van der Waals surface area contributed by atoms with E-state index in [-0.39, 0.29) is 11.4 Å². The molecule has 2 N–H and O–H groups in total. The quantitative estimate of drug-likeness (QED) is 0.453. The highest BCUT2D eigenvalue weighted by atomic mass is 16.5. The van der Waals surface area contributed by atoms with Crippen molar-refractivity contribution in [3.05, 3.63) is 48.4 Å². The maximum Gasteiger partial charge on any atom is 0.269 e. The molecule has 1 aliphatic heterocycles. The van der Waals surface area contributed by atoms with Gasteiger partial charge in [0.15, 0.2) is 0 Å². The molecular formula is C26H34N6O3. The number of nitrogens with zero attached hydrogens (tertiary/aromatic N) is 4. The fourth-order valence-electron chi connectivity index (χ4n) is 4.65. The summed E-state index contributed by atoms with van der Waals surface area (Å²) in [5.41, 5.74) is 1.19. The molecule has 9 heteroatoms. The van der Waals surface area contributed by atoms with Crippen LogP contribution in [0.5, 0.6) is 11.5 Å². The van der Waals surface area contributed by atoms with Crippen LogP contribution in [0.25, 0.3) is 10.9 Å². The Morgan fingerprint density at radius 2 is 1.94 bits per heavy atom. The van der Waals surface area contributed by atoms with Gasteiger partial charge in [-0.05, 0) is 37.1 Å². The van der Waals surface area contributed by atoms with Crippen molar-refractivity contribution in [1.82, 2.24) is 25.2 Å². The van der Waals surface area contributed by atoms with Crippen molar-refractivity contribution in [2.75, 3.05) is 45.2 Å². The molecule has 2 aromatic heterocycles. The van der Waals surface area contributed by atoms with Gasteiger partial charge in [0, 0.05) is 56.1 Å². The number of amides is 1. The highest BCUT2D eigenvalue weighted by Gasteiger charge is 2.35. The zero-order valence-corrected chi connectivity index (χ0v) is 20.7. The summed E-state index contributed by atoms with van der Waals surface area (Å²) >= 11 is 0. The second-order valence-electron chi connectivity index (χ2n) is 8.75. The van der Waals surface area contributed by atoms with Crippen LogP contribution in [0, 0.1) is 0 Å². The summed E-state index contributed by atoms with van der Waals surface area (Å²) in [4.78, 5) is 27.7. The van der Waals surface area contributed by atoms with Crippen LogP contribution in [0.15, 0.2) is 42.7 Å². The predicted octanol–water partition coefficient (Wildman–Crippen LogP) is 3.87. The third-order valence-electron chi connectivity index (χ3n) is 6.61. The molecule has 0 spiro atoms. The van der Waals surface area contributed by atoms with E-state index in [0.717, 1.165) is 63.0 Å². The van der Waals surface area contributed by atoms with Gasteiger partial charge in [0.25, 0.3) is 5.91 Å². The lowest BCUT2D eigenvalue weighted by Gasteiger charge is -2.45. The second-order valence-corrected chi connectivity index (χ2v) is 8.75. The average molecular weight is 479 g/mol. The van der Waals surface area contributed by atoms with Crippen molar-refractivity contribution >= 4 is 22.8 Å². The first-order valence-electron chi connectivity index (χ1n) is 12.3. The summed E-state index contributed by atoms with van der Waals surface area (Å²) < 4.78 is 11.5. The van der Waals surface area contributed by atoms with Gasteiger partial charge < -0.3 is 20.1 Å². The average Bonchev–Trinajstić information content (AvgIpc) is 2.91. The molecule has 3 heterocycles. The number of carbonyl (C=O) groups excluding carboxylic acids is 1. The van der Waals surface area contributed by atoms with Crippen molar-refractivity contribution in [3.8, 4) is 11.5 Å². The number of fused-ring (bicyclic) bond motifs is 1. The zero-order valence-electron chi connectivity index (χ0n) is 20.7. The predicted molar refractivity (Wildman–Crippen MR) is 136 cm³/mol. The maximum absolute atomic E-state index is 11.8. The monoisotopic (exact) mass is 478 g/mol. The van der Waals surface area contributed by atoms with Gasteiger partial charge in [-0.25, -0.2) is 9.97 Å². The zero-order chi connectivity index (χ0) is 24.7. The Kier molecular flexibility index (Phi) is 8.09. The van der Waals surface area contributed by atoms with Crippen LogP contribution in [0.3, 0.4) is 0 Å². The normalized spacial score (nSPS) is 16.0. The molecule has 1 amide bonds. The number of ether oxygens (including phenoxy) is 2. The summed E-state index contributed by atoms with van der Waals surface area (Å²) in [6.45, 7) is 8.78. The minimum Gasteiger partial charge on any atom is -0.457 e. The van der Waals surface area contributed by atoms with Crippen LogP contribution < -0.4 is 15.4 Å². The van der Waals surface area contributed by atoms with Gasteiger partial charge in [-0.3, -0.25) is 14.7 Å². The Morgan fingerprint density at radius 3 is 2.69 bits per heavy atom. The molecule has 0 radical (unpaired) electrons. The highest BCUT2D eigenvalue weighted by molar-refractivity contribution is 5.92. The number of nitrogens with one attached hydrogen (secondary N) is 2. The number of benzene rings is 1. The van der Waals surface area contributed by atoms with E-state index in [1.165, 1.54) is 0 Å². The lowest BCUT2D eigenvalue weighted by atomic mass is 9.88. The topological polar surface area (TPSA) is 102 Å². The molecule has 0 bridgehead atoms. The number of morpholine rings is 1. The lowest BCUT2D eigenvalue weighted by molar-refractivity contribution is -0.0233. The number of rotatable bonds is 10. The number of hydrogen-bond donors (Lipinski definition) is 2. The van der Waals surface area contributed by atoms with Crippen LogP contribution in [0.1, 0.15) is 43.6 Å². The molecule has 1 unspecified atom stereocenters. The number of hydrogen-bond acceptors (Lipinski definition) is 8. The Morgan fingerprint density at radius 1 is 1.14 bits per heavy atom. The van der Waals surface area contributed by atoms with E-state index < -0.39 is 0 Å². The molecule has 4 rings (SSSR count). The third kappa shape index (κ3) is 5.86. The molecule has 35 heavy (non-hydrogen) atoms. The summed E-state index contributed by atoms with van der Waals surface area (Å²) in [5.74, 6) is 1.53. The van der Waals surface area contributed by atoms with Crippen LogP contribution in [-0.4, -0.2) is 71.2 Å². The molecule has 1 aromatic carbocycles. The van der Waals surface area contributed by atoms with E-state index in [4.69, 9.17) is 14.5 Å². The highest BCUT2D eigenvalue weighted by Crippen LogP contribution is 2.28. The van der Waals surface area contributed by atoms with Crippen molar-refractivity contribution in [2.45, 2.75) is 38.6 Å². The molecule has 9 nitrogen and oxygen atoms in total. The van der Waals surface area contributed by atoms with Gasteiger partial charge in [-0.15, -0.1) is 0 Å². The van der Waals surface area contributed by atoms with Crippen molar-refractivity contribution in [3.63, 3.8) is 0 Å². The molecule has 0 saturated carbocycles. The molecular weight excluding hydrogens is 444 g/mol. The lowest BCUT2D eigenvalue weighted by Crippen LogP contribution is -2.56.